The van der Waals surface area contributed by atoms with E-state index in [1.54, 1.807) is 0 Å². The molecule has 0 radical (unpaired) electrons. The van der Waals surface area contributed by atoms with Crippen LogP contribution in [0.25, 0.3) is 0 Å². The van der Waals surface area contributed by atoms with Gasteiger partial charge in [-0.05, 0) is 40.2 Å². The fourth-order valence-corrected chi connectivity index (χ4v) is 2.16. The number of hydrogen-bond donors (Lipinski definition) is 1. The standard InChI is InChI=1S/C10H22N2/c1-5-12(10(2,3)4)9-6-8(11)7-9/h8-9H,5-7,11H2,1-4H3. The summed E-state index contributed by atoms with van der Waals surface area (Å²) in [6.45, 7) is 10.2. The van der Waals surface area contributed by atoms with Gasteiger partial charge in [-0.15, -0.1) is 0 Å². The van der Waals surface area contributed by atoms with Gasteiger partial charge in [0, 0.05) is 17.6 Å². The van der Waals surface area contributed by atoms with Crippen LogP contribution in [0.3, 0.4) is 0 Å². The molecule has 2 heteroatoms. The highest BCUT2D eigenvalue weighted by Crippen LogP contribution is 2.29. The lowest BCUT2D eigenvalue weighted by atomic mass is 9.84. The lowest BCUT2D eigenvalue weighted by molar-refractivity contribution is 0.0353. The third-order valence-electron chi connectivity index (χ3n) is 2.79. The van der Waals surface area contributed by atoms with Gasteiger partial charge in [0.1, 0.15) is 0 Å². The van der Waals surface area contributed by atoms with Crippen molar-refractivity contribution in [1.82, 2.24) is 4.90 Å². The highest BCUT2D eigenvalue weighted by molar-refractivity contribution is 4.93. The van der Waals surface area contributed by atoms with E-state index in [0.29, 0.717) is 11.6 Å². The molecule has 1 rings (SSSR count). The van der Waals surface area contributed by atoms with Crippen molar-refractivity contribution in [2.75, 3.05) is 6.54 Å². The van der Waals surface area contributed by atoms with Crippen molar-refractivity contribution in [3.63, 3.8) is 0 Å². The van der Waals surface area contributed by atoms with Crippen LogP contribution in [-0.4, -0.2) is 29.1 Å². The molecule has 1 fully saturated rings. The van der Waals surface area contributed by atoms with Gasteiger partial charge < -0.3 is 5.73 Å². The molecule has 1 saturated carbocycles. The van der Waals surface area contributed by atoms with Crippen molar-refractivity contribution in [3.05, 3.63) is 0 Å². The molecule has 0 saturated heterocycles. The summed E-state index contributed by atoms with van der Waals surface area (Å²) in [5.74, 6) is 0. The summed E-state index contributed by atoms with van der Waals surface area (Å²) in [7, 11) is 0. The Kier molecular flexibility index (Phi) is 2.79. The minimum absolute atomic E-state index is 0.305. The third-order valence-corrected chi connectivity index (χ3v) is 2.79. The number of nitrogens with zero attached hydrogens (tertiary/aromatic N) is 1. The molecule has 2 nitrogen and oxygen atoms in total. The first-order chi connectivity index (χ1) is 5.45. The van der Waals surface area contributed by atoms with Crippen LogP contribution in [0, 0.1) is 0 Å². The normalized spacial score (nSPS) is 30.5. The highest BCUT2D eigenvalue weighted by Gasteiger charge is 2.35. The van der Waals surface area contributed by atoms with Crippen molar-refractivity contribution in [2.24, 2.45) is 5.73 Å². The quantitative estimate of drug-likeness (QED) is 0.682. The van der Waals surface area contributed by atoms with E-state index in [1.807, 2.05) is 0 Å². The molecule has 12 heavy (non-hydrogen) atoms. The van der Waals surface area contributed by atoms with Crippen LogP contribution in [0.5, 0.6) is 0 Å². The van der Waals surface area contributed by atoms with Crippen LogP contribution in [0.4, 0.5) is 0 Å². The Hall–Kier alpha value is -0.0800. The molecule has 0 aromatic rings. The minimum Gasteiger partial charge on any atom is -0.328 e. The average molecular weight is 170 g/mol. The fraction of sp³-hybridized carbons (Fsp3) is 1.00. The van der Waals surface area contributed by atoms with Crippen molar-refractivity contribution < 1.29 is 0 Å². The summed E-state index contributed by atoms with van der Waals surface area (Å²) in [6.07, 6.45) is 2.37. The maximum atomic E-state index is 5.78. The van der Waals surface area contributed by atoms with Crippen molar-refractivity contribution in [2.45, 2.75) is 58.2 Å². The first kappa shape index (κ1) is 10.0. The van der Waals surface area contributed by atoms with Crippen molar-refractivity contribution in [3.8, 4) is 0 Å². The van der Waals surface area contributed by atoms with E-state index in [1.165, 1.54) is 12.8 Å². The minimum atomic E-state index is 0.305. The second-order valence-electron chi connectivity index (χ2n) is 4.84. The Morgan fingerprint density at radius 3 is 2.08 bits per heavy atom. The monoisotopic (exact) mass is 170 g/mol. The number of rotatable bonds is 2. The van der Waals surface area contributed by atoms with Gasteiger partial charge in [0.15, 0.2) is 0 Å². The third kappa shape index (κ3) is 1.99. The zero-order valence-corrected chi connectivity index (χ0v) is 8.80. The van der Waals surface area contributed by atoms with Crippen molar-refractivity contribution in [1.29, 1.82) is 0 Å². The van der Waals surface area contributed by atoms with E-state index in [9.17, 15) is 0 Å². The Morgan fingerprint density at radius 2 is 1.83 bits per heavy atom. The molecule has 1 aliphatic carbocycles. The first-order valence-electron chi connectivity index (χ1n) is 4.97. The maximum Gasteiger partial charge on any atom is 0.0130 e. The maximum absolute atomic E-state index is 5.78. The number of nitrogens with two attached hydrogens (primary N) is 1. The van der Waals surface area contributed by atoms with Gasteiger partial charge in [-0.1, -0.05) is 6.92 Å². The number of hydrogen-bond acceptors (Lipinski definition) is 2. The molecule has 0 atom stereocenters. The Balaban J connectivity index is 2.47. The molecular formula is C10H22N2. The second kappa shape index (κ2) is 3.35. The lowest BCUT2D eigenvalue weighted by Crippen LogP contribution is -2.56. The van der Waals surface area contributed by atoms with Crippen LogP contribution in [0.15, 0.2) is 0 Å². The lowest BCUT2D eigenvalue weighted by Gasteiger charge is -2.47. The van der Waals surface area contributed by atoms with Gasteiger partial charge in [-0.3, -0.25) is 4.90 Å². The molecular weight excluding hydrogens is 148 g/mol. The molecule has 0 aromatic heterocycles. The molecule has 1 aliphatic rings. The van der Waals surface area contributed by atoms with E-state index in [4.69, 9.17) is 5.73 Å². The Morgan fingerprint density at radius 1 is 1.33 bits per heavy atom. The first-order valence-corrected chi connectivity index (χ1v) is 4.97. The van der Waals surface area contributed by atoms with Crippen LogP contribution in [0.2, 0.25) is 0 Å². The largest absolute Gasteiger partial charge is 0.328 e. The van der Waals surface area contributed by atoms with Crippen molar-refractivity contribution >= 4 is 0 Å². The SMILES string of the molecule is CCN(C1CC(N)C1)C(C)(C)C. The smallest absolute Gasteiger partial charge is 0.0130 e. The van der Waals surface area contributed by atoms with E-state index < -0.39 is 0 Å². The van der Waals surface area contributed by atoms with Crippen LogP contribution in [0.1, 0.15) is 40.5 Å². The molecule has 0 heterocycles. The topological polar surface area (TPSA) is 29.3 Å². The van der Waals surface area contributed by atoms with Gasteiger partial charge in [-0.25, -0.2) is 0 Å². The molecule has 0 amide bonds. The average Bonchev–Trinajstić information content (AvgIpc) is 1.82. The Bertz CT molecular complexity index is 142. The molecule has 0 bridgehead atoms. The van der Waals surface area contributed by atoms with Gasteiger partial charge in [0.2, 0.25) is 0 Å². The van der Waals surface area contributed by atoms with Gasteiger partial charge in [0.25, 0.3) is 0 Å². The van der Waals surface area contributed by atoms with Crippen LogP contribution in [-0.2, 0) is 0 Å². The summed E-state index contributed by atoms with van der Waals surface area (Å²) in [6, 6.07) is 1.20. The van der Waals surface area contributed by atoms with E-state index in [-0.39, 0.29) is 0 Å². The molecule has 0 aliphatic heterocycles. The molecule has 0 unspecified atom stereocenters. The highest BCUT2D eigenvalue weighted by atomic mass is 15.2. The summed E-state index contributed by atoms with van der Waals surface area (Å²) in [5.41, 5.74) is 6.08. The predicted octanol–water partition coefficient (Wildman–Crippen LogP) is 1.60. The van der Waals surface area contributed by atoms with Gasteiger partial charge in [0.05, 0.1) is 0 Å². The van der Waals surface area contributed by atoms with E-state index in [0.717, 1.165) is 12.6 Å². The van der Waals surface area contributed by atoms with Crippen LogP contribution >= 0.6 is 0 Å². The molecule has 0 spiro atoms. The van der Waals surface area contributed by atoms with E-state index in [2.05, 4.69) is 32.6 Å². The molecule has 2 N–H and O–H groups in total. The second-order valence-corrected chi connectivity index (χ2v) is 4.84. The summed E-state index contributed by atoms with van der Waals surface area (Å²) < 4.78 is 0. The summed E-state index contributed by atoms with van der Waals surface area (Å²) >= 11 is 0. The predicted molar refractivity (Wildman–Crippen MR) is 53.1 cm³/mol. The van der Waals surface area contributed by atoms with Crippen LogP contribution < -0.4 is 5.73 Å². The molecule has 0 aromatic carbocycles. The Labute approximate surface area is 76.1 Å². The zero-order valence-electron chi connectivity index (χ0n) is 8.80. The van der Waals surface area contributed by atoms with E-state index >= 15 is 0 Å². The van der Waals surface area contributed by atoms with Gasteiger partial charge in [-0.2, -0.15) is 0 Å². The fourth-order valence-electron chi connectivity index (χ4n) is 2.16. The summed E-state index contributed by atoms with van der Waals surface area (Å²) in [5, 5.41) is 0. The zero-order chi connectivity index (χ0) is 9.35. The molecule has 72 valence electrons. The van der Waals surface area contributed by atoms with Gasteiger partial charge >= 0.3 is 0 Å². The summed E-state index contributed by atoms with van der Waals surface area (Å²) in [4.78, 5) is 2.55.